The number of hydrogen-bond donors (Lipinski definition) is 2. The van der Waals surface area contributed by atoms with E-state index in [1.165, 1.54) is 0 Å². The predicted octanol–water partition coefficient (Wildman–Crippen LogP) is 1.58. The molecule has 0 radical (unpaired) electrons. The van der Waals surface area contributed by atoms with Crippen LogP contribution >= 0.6 is 0 Å². The Labute approximate surface area is 98.6 Å². The van der Waals surface area contributed by atoms with Gasteiger partial charge in [0.25, 0.3) is 0 Å². The van der Waals surface area contributed by atoms with Gasteiger partial charge in [-0.05, 0) is 29.0 Å². The quantitative estimate of drug-likeness (QED) is 0.842. The van der Waals surface area contributed by atoms with Crippen molar-refractivity contribution in [2.45, 2.75) is 6.42 Å². The molecule has 0 spiro atoms. The standard InChI is InChI=1S/C13H13NO3/c1-17-9-4-2-8-3-5-12(15)11(7-13(14)16)10(8)6-9/h2-6,15H,7H2,1H3,(H2,14,16). The molecule has 0 unspecified atom stereocenters. The Bertz CT molecular complexity index is 578. The third kappa shape index (κ3) is 2.15. The van der Waals surface area contributed by atoms with Crippen LogP contribution in [0.5, 0.6) is 11.5 Å². The number of carbonyl (C=O) groups is 1. The van der Waals surface area contributed by atoms with Crippen molar-refractivity contribution in [3.8, 4) is 11.5 Å². The van der Waals surface area contributed by atoms with Crippen molar-refractivity contribution >= 4 is 16.7 Å². The Morgan fingerprint density at radius 3 is 2.71 bits per heavy atom. The Balaban J connectivity index is 2.68. The van der Waals surface area contributed by atoms with Crippen molar-refractivity contribution in [1.82, 2.24) is 0 Å². The number of phenolic OH excluding ortho intramolecular Hbond substituents is 1. The van der Waals surface area contributed by atoms with Gasteiger partial charge >= 0.3 is 0 Å². The Kier molecular flexibility index (Phi) is 2.87. The van der Waals surface area contributed by atoms with Gasteiger partial charge in [-0.3, -0.25) is 4.79 Å². The van der Waals surface area contributed by atoms with E-state index in [1.54, 1.807) is 25.3 Å². The molecule has 0 bridgehead atoms. The predicted molar refractivity (Wildman–Crippen MR) is 65.1 cm³/mol. The van der Waals surface area contributed by atoms with Crippen molar-refractivity contribution in [3.05, 3.63) is 35.9 Å². The third-order valence-corrected chi connectivity index (χ3v) is 2.67. The van der Waals surface area contributed by atoms with Gasteiger partial charge in [0.2, 0.25) is 5.91 Å². The maximum Gasteiger partial charge on any atom is 0.222 e. The molecule has 2 aromatic rings. The van der Waals surface area contributed by atoms with Crippen LogP contribution in [0.1, 0.15) is 5.56 Å². The Morgan fingerprint density at radius 1 is 1.35 bits per heavy atom. The molecule has 4 heteroatoms. The normalized spacial score (nSPS) is 10.4. The lowest BCUT2D eigenvalue weighted by molar-refractivity contribution is -0.117. The maximum absolute atomic E-state index is 11.0. The molecule has 2 rings (SSSR count). The van der Waals surface area contributed by atoms with Crippen LogP contribution in [0.2, 0.25) is 0 Å². The first kappa shape index (κ1) is 11.3. The summed E-state index contributed by atoms with van der Waals surface area (Å²) in [6, 6.07) is 8.83. The van der Waals surface area contributed by atoms with Gasteiger partial charge in [0, 0.05) is 5.56 Å². The lowest BCUT2D eigenvalue weighted by Crippen LogP contribution is -2.14. The van der Waals surface area contributed by atoms with Gasteiger partial charge in [-0.2, -0.15) is 0 Å². The molecule has 4 nitrogen and oxygen atoms in total. The fraction of sp³-hybridized carbons (Fsp3) is 0.154. The number of fused-ring (bicyclic) bond motifs is 1. The molecule has 0 aliphatic rings. The topological polar surface area (TPSA) is 72.6 Å². The number of amides is 1. The van der Waals surface area contributed by atoms with Gasteiger partial charge < -0.3 is 15.6 Å². The van der Waals surface area contributed by atoms with Gasteiger partial charge in [0.1, 0.15) is 11.5 Å². The molecule has 0 aliphatic heterocycles. The zero-order valence-electron chi connectivity index (χ0n) is 9.43. The zero-order valence-corrected chi connectivity index (χ0v) is 9.43. The van der Waals surface area contributed by atoms with Crippen LogP contribution in [0.25, 0.3) is 10.8 Å². The molecular weight excluding hydrogens is 218 g/mol. The summed E-state index contributed by atoms with van der Waals surface area (Å²) in [6.45, 7) is 0. The van der Waals surface area contributed by atoms with Crippen LogP contribution < -0.4 is 10.5 Å². The lowest BCUT2D eigenvalue weighted by Gasteiger charge is -2.09. The average molecular weight is 231 g/mol. The fourth-order valence-corrected chi connectivity index (χ4v) is 1.84. The summed E-state index contributed by atoms with van der Waals surface area (Å²) in [6.07, 6.45) is 0.0103. The highest BCUT2D eigenvalue weighted by molar-refractivity contribution is 5.92. The summed E-state index contributed by atoms with van der Waals surface area (Å²) in [5.41, 5.74) is 5.71. The van der Waals surface area contributed by atoms with E-state index in [4.69, 9.17) is 10.5 Å². The largest absolute Gasteiger partial charge is 0.508 e. The van der Waals surface area contributed by atoms with Crippen LogP contribution in [0.15, 0.2) is 30.3 Å². The minimum Gasteiger partial charge on any atom is -0.508 e. The molecule has 88 valence electrons. The number of benzene rings is 2. The highest BCUT2D eigenvalue weighted by Gasteiger charge is 2.10. The van der Waals surface area contributed by atoms with Crippen LogP contribution in [0.4, 0.5) is 0 Å². The molecule has 1 amide bonds. The number of carbonyl (C=O) groups excluding carboxylic acids is 1. The highest BCUT2D eigenvalue weighted by atomic mass is 16.5. The minimum absolute atomic E-state index is 0.0103. The second-order valence-electron chi connectivity index (χ2n) is 3.79. The first-order valence-corrected chi connectivity index (χ1v) is 5.18. The Morgan fingerprint density at radius 2 is 2.06 bits per heavy atom. The van der Waals surface area contributed by atoms with Crippen LogP contribution in [0.3, 0.4) is 0 Å². The SMILES string of the molecule is COc1ccc2ccc(O)c(CC(N)=O)c2c1. The van der Waals surface area contributed by atoms with E-state index in [-0.39, 0.29) is 12.2 Å². The molecular formula is C13H13NO3. The molecule has 2 aromatic carbocycles. The second kappa shape index (κ2) is 4.33. The molecule has 0 saturated carbocycles. The summed E-state index contributed by atoms with van der Waals surface area (Å²) in [5, 5.41) is 11.5. The summed E-state index contributed by atoms with van der Waals surface area (Å²) in [4.78, 5) is 11.0. The first-order valence-electron chi connectivity index (χ1n) is 5.18. The number of rotatable bonds is 3. The fourth-order valence-electron chi connectivity index (χ4n) is 1.84. The van der Waals surface area contributed by atoms with Crippen molar-refractivity contribution in [2.24, 2.45) is 5.73 Å². The average Bonchev–Trinajstić information content (AvgIpc) is 2.32. The number of phenols is 1. The Hall–Kier alpha value is -2.23. The van der Waals surface area contributed by atoms with Crippen molar-refractivity contribution in [2.75, 3.05) is 7.11 Å². The van der Waals surface area contributed by atoms with Crippen LogP contribution in [-0.2, 0) is 11.2 Å². The molecule has 3 N–H and O–H groups in total. The number of primary amides is 1. The second-order valence-corrected chi connectivity index (χ2v) is 3.79. The van der Waals surface area contributed by atoms with Crippen molar-refractivity contribution < 1.29 is 14.6 Å². The smallest absolute Gasteiger partial charge is 0.222 e. The van der Waals surface area contributed by atoms with E-state index in [2.05, 4.69) is 0 Å². The van der Waals surface area contributed by atoms with Gasteiger partial charge in [-0.15, -0.1) is 0 Å². The maximum atomic E-state index is 11.0. The third-order valence-electron chi connectivity index (χ3n) is 2.67. The minimum atomic E-state index is -0.476. The number of methoxy groups -OCH3 is 1. The molecule has 0 fully saturated rings. The highest BCUT2D eigenvalue weighted by Crippen LogP contribution is 2.30. The molecule has 0 aromatic heterocycles. The number of hydrogen-bond acceptors (Lipinski definition) is 3. The van der Waals surface area contributed by atoms with Crippen LogP contribution in [0, 0.1) is 0 Å². The van der Waals surface area contributed by atoms with E-state index < -0.39 is 5.91 Å². The summed E-state index contributed by atoms with van der Waals surface area (Å²) >= 11 is 0. The molecule has 0 saturated heterocycles. The van der Waals surface area contributed by atoms with E-state index in [9.17, 15) is 9.90 Å². The van der Waals surface area contributed by atoms with Crippen LogP contribution in [-0.4, -0.2) is 18.1 Å². The van der Waals surface area contributed by atoms with Gasteiger partial charge in [0.05, 0.1) is 13.5 Å². The van der Waals surface area contributed by atoms with Gasteiger partial charge in [-0.25, -0.2) is 0 Å². The molecule has 17 heavy (non-hydrogen) atoms. The molecule has 0 aliphatic carbocycles. The van der Waals surface area contributed by atoms with E-state index in [0.29, 0.717) is 11.3 Å². The summed E-state index contributed by atoms with van der Waals surface area (Å²) < 4.78 is 5.12. The van der Waals surface area contributed by atoms with E-state index in [0.717, 1.165) is 10.8 Å². The number of aromatic hydroxyl groups is 1. The van der Waals surface area contributed by atoms with Crippen molar-refractivity contribution in [1.29, 1.82) is 0 Å². The van der Waals surface area contributed by atoms with Gasteiger partial charge in [0.15, 0.2) is 0 Å². The van der Waals surface area contributed by atoms with Crippen molar-refractivity contribution in [3.63, 3.8) is 0 Å². The molecule has 0 atom stereocenters. The van der Waals surface area contributed by atoms with Gasteiger partial charge in [-0.1, -0.05) is 12.1 Å². The molecule has 0 heterocycles. The summed E-state index contributed by atoms with van der Waals surface area (Å²) in [7, 11) is 1.57. The zero-order chi connectivity index (χ0) is 12.4. The monoisotopic (exact) mass is 231 g/mol. The number of ether oxygens (including phenoxy) is 1. The lowest BCUT2D eigenvalue weighted by atomic mass is 10.0. The van der Waals surface area contributed by atoms with E-state index in [1.807, 2.05) is 12.1 Å². The first-order chi connectivity index (χ1) is 8.11. The van der Waals surface area contributed by atoms with E-state index >= 15 is 0 Å². The summed E-state index contributed by atoms with van der Waals surface area (Å²) in [5.74, 6) is 0.272. The number of nitrogens with two attached hydrogens (primary N) is 1.